The molecule has 0 aromatic carbocycles. The van der Waals surface area contributed by atoms with Gasteiger partial charge in [-0.05, 0) is 32.7 Å². The van der Waals surface area contributed by atoms with Crippen molar-refractivity contribution < 1.29 is 0 Å². The Hall–Kier alpha value is -0.900. The first-order valence-corrected chi connectivity index (χ1v) is 6.98. The van der Waals surface area contributed by atoms with Gasteiger partial charge >= 0.3 is 0 Å². The summed E-state index contributed by atoms with van der Waals surface area (Å²) < 4.78 is 2.27. The number of hydrogen-bond acceptors (Lipinski definition) is 3. The van der Waals surface area contributed by atoms with Crippen molar-refractivity contribution in [3.05, 3.63) is 11.4 Å². The lowest BCUT2D eigenvalue weighted by Gasteiger charge is -2.23. The third-order valence-electron chi connectivity index (χ3n) is 4.03. The zero-order chi connectivity index (χ0) is 11.7. The Morgan fingerprint density at radius 2 is 1.94 bits per heavy atom. The molecule has 3 rings (SSSR count). The molecule has 0 amide bonds. The molecule has 2 aliphatic carbocycles. The van der Waals surface area contributed by atoms with E-state index in [0.29, 0.717) is 6.04 Å². The third kappa shape index (κ3) is 2.23. The van der Waals surface area contributed by atoms with Crippen LogP contribution in [0.1, 0.15) is 68.3 Å². The Labute approximate surface area is 103 Å². The summed E-state index contributed by atoms with van der Waals surface area (Å²) in [7, 11) is 1.98. The molecular formula is C13H22N4. The van der Waals surface area contributed by atoms with Crippen LogP contribution in [0.15, 0.2) is 0 Å². The maximum atomic E-state index is 4.45. The van der Waals surface area contributed by atoms with Gasteiger partial charge < -0.3 is 5.32 Å². The van der Waals surface area contributed by atoms with E-state index < -0.39 is 0 Å². The number of hydrogen-bond donors (Lipinski definition) is 1. The monoisotopic (exact) mass is 234 g/mol. The largest absolute Gasteiger partial charge is 0.314 e. The van der Waals surface area contributed by atoms with Crippen LogP contribution in [0.2, 0.25) is 0 Å². The first-order chi connectivity index (χ1) is 8.40. The van der Waals surface area contributed by atoms with E-state index in [2.05, 4.69) is 20.3 Å². The molecule has 0 spiro atoms. The van der Waals surface area contributed by atoms with Crippen LogP contribution in [0.4, 0.5) is 0 Å². The normalized spacial score (nSPS) is 21.9. The topological polar surface area (TPSA) is 42.7 Å². The lowest BCUT2D eigenvalue weighted by molar-refractivity contribution is 0.317. The molecule has 4 nitrogen and oxygen atoms in total. The first-order valence-electron chi connectivity index (χ1n) is 6.98. The van der Waals surface area contributed by atoms with Crippen molar-refractivity contribution in [2.45, 2.75) is 63.5 Å². The number of rotatable bonds is 4. The van der Waals surface area contributed by atoms with E-state index in [1.165, 1.54) is 56.3 Å². The van der Waals surface area contributed by atoms with Gasteiger partial charge in [0, 0.05) is 12.5 Å². The Kier molecular flexibility index (Phi) is 3.14. The molecule has 0 radical (unpaired) electrons. The van der Waals surface area contributed by atoms with Crippen molar-refractivity contribution in [1.82, 2.24) is 20.3 Å². The minimum atomic E-state index is 0.623. The van der Waals surface area contributed by atoms with Crippen molar-refractivity contribution in [2.24, 2.45) is 0 Å². The molecule has 1 aromatic heterocycles. The summed E-state index contributed by atoms with van der Waals surface area (Å²) in [6.45, 7) is 0.860. The van der Waals surface area contributed by atoms with E-state index in [1.807, 2.05) is 7.05 Å². The Bertz CT molecular complexity index is 375. The van der Waals surface area contributed by atoms with Crippen molar-refractivity contribution in [1.29, 1.82) is 0 Å². The van der Waals surface area contributed by atoms with Gasteiger partial charge in [0.05, 0.1) is 17.4 Å². The second kappa shape index (κ2) is 4.77. The van der Waals surface area contributed by atoms with Crippen LogP contribution in [0, 0.1) is 0 Å². The number of nitrogens with zero attached hydrogens (tertiary/aromatic N) is 3. The molecule has 4 heteroatoms. The first kappa shape index (κ1) is 11.2. The molecule has 0 unspecified atom stereocenters. The number of nitrogens with one attached hydrogen (secondary N) is 1. The minimum Gasteiger partial charge on any atom is -0.314 e. The van der Waals surface area contributed by atoms with Gasteiger partial charge in [-0.3, -0.25) is 0 Å². The van der Waals surface area contributed by atoms with E-state index in [9.17, 15) is 0 Å². The summed E-state index contributed by atoms with van der Waals surface area (Å²) in [4.78, 5) is 0. The van der Waals surface area contributed by atoms with Crippen LogP contribution >= 0.6 is 0 Å². The zero-order valence-corrected chi connectivity index (χ0v) is 10.7. The van der Waals surface area contributed by atoms with Gasteiger partial charge in [-0.1, -0.05) is 24.5 Å². The summed E-state index contributed by atoms with van der Waals surface area (Å²) in [5, 5.41) is 12.0. The summed E-state index contributed by atoms with van der Waals surface area (Å²) >= 11 is 0. The van der Waals surface area contributed by atoms with Gasteiger partial charge in [0.15, 0.2) is 0 Å². The fourth-order valence-corrected chi connectivity index (χ4v) is 3.00. The van der Waals surface area contributed by atoms with E-state index in [0.717, 1.165) is 12.5 Å². The fraction of sp³-hybridized carbons (Fsp3) is 0.846. The van der Waals surface area contributed by atoms with Gasteiger partial charge in [0.25, 0.3) is 0 Å². The van der Waals surface area contributed by atoms with Crippen molar-refractivity contribution in [3.8, 4) is 0 Å². The summed E-state index contributed by atoms with van der Waals surface area (Å²) in [5.74, 6) is 0.746. The van der Waals surface area contributed by atoms with Crippen LogP contribution in [0.25, 0.3) is 0 Å². The second-order valence-electron chi connectivity index (χ2n) is 5.46. The van der Waals surface area contributed by atoms with E-state index >= 15 is 0 Å². The van der Waals surface area contributed by atoms with Gasteiger partial charge in [0.1, 0.15) is 0 Å². The predicted octanol–water partition coefficient (Wildman–Crippen LogP) is 2.38. The maximum Gasteiger partial charge on any atom is 0.0999 e. The Balaban J connectivity index is 1.86. The zero-order valence-electron chi connectivity index (χ0n) is 10.7. The molecule has 2 saturated carbocycles. The molecule has 0 atom stereocenters. The average molecular weight is 234 g/mol. The highest BCUT2D eigenvalue weighted by atomic mass is 15.4. The Morgan fingerprint density at radius 3 is 2.59 bits per heavy atom. The average Bonchev–Trinajstić information content (AvgIpc) is 3.12. The molecule has 94 valence electrons. The van der Waals surface area contributed by atoms with Crippen molar-refractivity contribution >= 4 is 0 Å². The molecule has 0 saturated heterocycles. The molecule has 0 bridgehead atoms. The maximum absolute atomic E-state index is 4.45. The van der Waals surface area contributed by atoms with Crippen LogP contribution in [-0.2, 0) is 6.54 Å². The van der Waals surface area contributed by atoms with Gasteiger partial charge in [-0.15, -0.1) is 5.10 Å². The minimum absolute atomic E-state index is 0.623. The lowest BCUT2D eigenvalue weighted by atomic mass is 9.95. The number of aromatic nitrogens is 3. The van der Waals surface area contributed by atoms with Crippen LogP contribution < -0.4 is 5.32 Å². The van der Waals surface area contributed by atoms with Crippen molar-refractivity contribution in [3.63, 3.8) is 0 Å². The molecule has 1 aromatic rings. The highest BCUT2D eigenvalue weighted by Crippen LogP contribution is 2.43. The van der Waals surface area contributed by atoms with Crippen LogP contribution in [0.5, 0.6) is 0 Å². The second-order valence-corrected chi connectivity index (χ2v) is 5.46. The summed E-state index contributed by atoms with van der Waals surface area (Å²) in [6, 6.07) is 0.623. The highest BCUT2D eigenvalue weighted by molar-refractivity contribution is 5.21. The van der Waals surface area contributed by atoms with Crippen LogP contribution in [-0.4, -0.2) is 22.0 Å². The molecule has 17 heavy (non-hydrogen) atoms. The lowest BCUT2D eigenvalue weighted by Crippen LogP contribution is -2.17. The van der Waals surface area contributed by atoms with E-state index in [-0.39, 0.29) is 0 Å². The summed E-state index contributed by atoms with van der Waals surface area (Å²) in [5.41, 5.74) is 2.62. The van der Waals surface area contributed by atoms with Gasteiger partial charge in [-0.2, -0.15) is 0 Å². The molecule has 1 heterocycles. The standard InChI is InChI=1S/C13H22N4/c1-14-9-12-13(10-7-8-10)17(16-15-12)11-5-3-2-4-6-11/h10-11,14H,2-9H2,1H3. The van der Waals surface area contributed by atoms with Crippen molar-refractivity contribution in [2.75, 3.05) is 7.05 Å². The smallest absolute Gasteiger partial charge is 0.0999 e. The molecular weight excluding hydrogens is 212 g/mol. The SMILES string of the molecule is CNCc1nnn(C2CCCCC2)c1C1CC1. The molecule has 1 N–H and O–H groups in total. The van der Waals surface area contributed by atoms with E-state index in [4.69, 9.17) is 0 Å². The predicted molar refractivity (Wildman–Crippen MR) is 66.9 cm³/mol. The fourth-order valence-electron chi connectivity index (χ4n) is 3.00. The van der Waals surface area contributed by atoms with Crippen LogP contribution in [0.3, 0.4) is 0 Å². The highest BCUT2D eigenvalue weighted by Gasteiger charge is 2.33. The third-order valence-corrected chi connectivity index (χ3v) is 4.03. The molecule has 2 aliphatic rings. The molecule has 0 aliphatic heterocycles. The van der Waals surface area contributed by atoms with E-state index in [1.54, 1.807) is 0 Å². The van der Waals surface area contributed by atoms with Gasteiger partial charge in [0.2, 0.25) is 0 Å². The van der Waals surface area contributed by atoms with Gasteiger partial charge in [-0.25, -0.2) is 4.68 Å². The summed E-state index contributed by atoms with van der Waals surface area (Å²) in [6.07, 6.45) is 9.36. The Morgan fingerprint density at radius 1 is 1.18 bits per heavy atom. The molecule has 2 fully saturated rings. The quantitative estimate of drug-likeness (QED) is 0.869.